The molecule has 0 spiro atoms. The minimum Gasteiger partial charge on any atom is -0.332 e. The van der Waals surface area contributed by atoms with Gasteiger partial charge in [0.2, 0.25) is 11.8 Å². The maximum absolute atomic E-state index is 12.2. The van der Waals surface area contributed by atoms with Gasteiger partial charge >= 0.3 is 6.03 Å². The Morgan fingerprint density at radius 1 is 1.42 bits per heavy atom. The summed E-state index contributed by atoms with van der Waals surface area (Å²) in [4.78, 5) is 36.8. The number of carbonyl (C=O) groups is 3. The van der Waals surface area contributed by atoms with E-state index in [1.165, 1.54) is 4.90 Å². The van der Waals surface area contributed by atoms with E-state index in [-0.39, 0.29) is 35.7 Å². The number of fused-ring (bicyclic) bond motifs is 1. The Balaban J connectivity index is 1.70. The summed E-state index contributed by atoms with van der Waals surface area (Å²) in [5.41, 5.74) is 5.67. The number of nitrogens with one attached hydrogen (secondary N) is 2. The van der Waals surface area contributed by atoms with Gasteiger partial charge in [-0.15, -0.1) is 0 Å². The van der Waals surface area contributed by atoms with E-state index >= 15 is 0 Å². The number of nitrogens with two attached hydrogens (primary N) is 1. The van der Waals surface area contributed by atoms with Crippen molar-refractivity contribution in [3.63, 3.8) is 0 Å². The van der Waals surface area contributed by atoms with Gasteiger partial charge in [-0.05, 0) is 19.8 Å². The third kappa shape index (κ3) is 4.58. The third-order valence-electron chi connectivity index (χ3n) is 4.46. The monoisotopic (exact) mass is 374 g/mol. The summed E-state index contributed by atoms with van der Waals surface area (Å²) in [6, 6.07) is -0.393. The number of hydrogen-bond donors (Lipinski definition) is 4. The van der Waals surface area contributed by atoms with Gasteiger partial charge in [-0.1, -0.05) is 6.42 Å². The van der Waals surface area contributed by atoms with E-state index in [1.807, 2.05) is 11.8 Å². The lowest BCUT2D eigenvalue weighted by molar-refractivity contribution is -0.145. The van der Waals surface area contributed by atoms with Crippen LogP contribution in [0.3, 0.4) is 0 Å². The number of urea groups is 1. The average molecular weight is 375 g/mol. The summed E-state index contributed by atoms with van der Waals surface area (Å²) in [5.74, 6) is 0.635. The Hall–Kier alpha value is -0.930. The van der Waals surface area contributed by atoms with Crippen LogP contribution in [0.5, 0.6) is 0 Å². The van der Waals surface area contributed by atoms with Crippen molar-refractivity contribution in [3.8, 4) is 0 Å². The van der Waals surface area contributed by atoms with Crippen LogP contribution in [0.1, 0.15) is 32.6 Å². The molecule has 2 aliphatic heterocycles. The van der Waals surface area contributed by atoms with Crippen molar-refractivity contribution >= 4 is 42.2 Å². The highest BCUT2D eigenvalue weighted by molar-refractivity contribution is 8.00. The first-order valence-electron chi connectivity index (χ1n) is 8.37. The average Bonchev–Trinajstić information content (AvgIpc) is 3.10. The maximum atomic E-state index is 12.2. The minimum atomic E-state index is -0.734. The lowest BCUT2D eigenvalue weighted by Crippen LogP contribution is -2.47. The van der Waals surface area contributed by atoms with Crippen LogP contribution < -0.4 is 16.4 Å². The molecular weight excluding hydrogens is 348 g/mol. The van der Waals surface area contributed by atoms with E-state index in [9.17, 15) is 14.4 Å². The summed E-state index contributed by atoms with van der Waals surface area (Å²) < 4.78 is 0. The molecule has 0 aromatic rings. The Kier molecular flexibility index (Phi) is 7.24. The van der Waals surface area contributed by atoms with Crippen molar-refractivity contribution in [2.75, 3.05) is 18.1 Å². The van der Waals surface area contributed by atoms with Crippen molar-refractivity contribution < 1.29 is 14.4 Å². The molecule has 2 rings (SSSR count). The molecule has 0 aromatic carbocycles. The van der Waals surface area contributed by atoms with Crippen molar-refractivity contribution in [1.82, 2.24) is 15.5 Å². The van der Waals surface area contributed by atoms with Crippen molar-refractivity contribution in [1.29, 1.82) is 0 Å². The topological polar surface area (TPSA) is 105 Å². The molecule has 0 bridgehead atoms. The molecule has 24 heavy (non-hydrogen) atoms. The Morgan fingerprint density at radius 2 is 2.17 bits per heavy atom. The van der Waals surface area contributed by atoms with E-state index in [2.05, 4.69) is 23.3 Å². The molecule has 0 radical (unpaired) electrons. The first kappa shape index (κ1) is 19.4. The summed E-state index contributed by atoms with van der Waals surface area (Å²) in [7, 11) is 0. The molecule has 0 aromatic heterocycles. The molecule has 4 amide bonds. The molecular formula is C15H26N4O3S2. The van der Waals surface area contributed by atoms with Crippen LogP contribution in [0, 0.1) is 0 Å². The Labute approximate surface area is 152 Å². The molecule has 2 saturated heterocycles. The fourth-order valence-corrected chi connectivity index (χ4v) is 4.83. The number of amides is 4. The van der Waals surface area contributed by atoms with Crippen molar-refractivity contribution in [3.05, 3.63) is 0 Å². The molecule has 0 aliphatic carbocycles. The quantitative estimate of drug-likeness (QED) is 0.279. The molecule has 0 saturated carbocycles. The van der Waals surface area contributed by atoms with Crippen LogP contribution in [-0.2, 0) is 9.59 Å². The van der Waals surface area contributed by atoms with Crippen LogP contribution in [0.15, 0.2) is 0 Å². The number of rotatable bonds is 8. The molecule has 0 unspecified atom stereocenters. The van der Waals surface area contributed by atoms with Crippen LogP contribution in [0.25, 0.3) is 0 Å². The van der Waals surface area contributed by atoms with Crippen molar-refractivity contribution in [2.24, 2.45) is 5.73 Å². The fourth-order valence-electron chi connectivity index (χ4n) is 3.13. The van der Waals surface area contributed by atoms with E-state index < -0.39 is 6.04 Å². The van der Waals surface area contributed by atoms with Crippen LogP contribution in [0.2, 0.25) is 0 Å². The highest BCUT2D eigenvalue weighted by Gasteiger charge is 2.42. The zero-order chi connectivity index (χ0) is 17.7. The number of nitrogens with zero attached hydrogens (tertiary/aromatic N) is 1. The molecule has 7 nitrogen and oxygen atoms in total. The Morgan fingerprint density at radius 3 is 2.83 bits per heavy atom. The van der Waals surface area contributed by atoms with Crippen LogP contribution in [0.4, 0.5) is 4.79 Å². The summed E-state index contributed by atoms with van der Waals surface area (Å²) >= 11 is 5.87. The molecule has 2 aliphatic rings. The van der Waals surface area contributed by atoms with E-state index in [0.29, 0.717) is 18.2 Å². The van der Waals surface area contributed by atoms with Crippen LogP contribution >= 0.6 is 24.4 Å². The standard InChI is InChI=1S/C15H26N4O3S2/c1-2-19(14(21)9(16)7-23)12(20)6-4-3-5-11-13-10(8-24-11)17-15(22)18-13/h9-11,13,23H,2-8,16H2,1H3,(H2,17,18,22)/t9-,10-,11-,13-/m0/s1. The first-order valence-corrected chi connectivity index (χ1v) is 10.0. The predicted molar refractivity (Wildman–Crippen MR) is 98.2 cm³/mol. The highest BCUT2D eigenvalue weighted by Crippen LogP contribution is 2.33. The number of imide groups is 1. The van der Waals surface area contributed by atoms with Gasteiger partial charge in [0.05, 0.1) is 18.1 Å². The highest BCUT2D eigenvalue weighted by atomic mass is 32.2. The number of thioether (sulfide) groups is 1. The lowest BCUT2D eigenvalue weighted by atomic mass is 10.0. The van der Waals surface area contributed by atoms with Gasteiger partial charge in [0, 0.05) is 29.7 Å². The smallest absolute Gasteiger partial charge is 0.315 e. The number of likely N-dealkylation sites (N-methyl/N-ethyl adjacent to an activating group) is 1. The second kappa shape index (κ2) is 8.96. The maximum Gasteiger partial charge on any atom is 0.315 e. The van der Waals surface area contributed by atoms with Crippen LogP contribution in [-0.4, -0.2) is 64.2 Å². The van der Waals surface area contributed by atoms with Gasteiger partial charge in [0.1, 0.15) is 0 Å². The largest absolute Gasteiger partial charge is 0.332 e. The number of carbonyl (C=O) groups excluding carboxylic acids is 3. The predicted octanol–water partition coefficient (Wildman–Crippen LogP) is 0.344. The normalized spacial score (nSPS) is 26.5. The van der Waals surface area contributed by atoms with E-state index in [4.69, 9.17) is 5.73 Å². The van der Waals surface area contributed by atoms with Gasteiger partial charge in [-0.2, -0.15) is 24.4 Å². The summed E-state index contributed by atoms with van der Waals surface area (Å²) in [5, 5.41) is 6.28. The number of thiol groups is 1. The van der Waals surface area contributed by atoms with Crippen molar-refractivity contribution in [2.45, 2.75) is 56.0 Å². The number of unbranched alkanes of at least 4 members (excludes halogenated alkanes) is 1. The van der Waals surface area contributed by atoms with Gasteiger partial charge < -0.3 is 16.4 Å². The molecule has 4 atom stereocenters. The molecule has 2 heterocycles. The van der Waals surface area contributed by atoms with E-state index in [0.717, 1.165) is 25.0 Å². The van der Waals surface area contributed by atoms with Gasteiger partial charge in [-0.3, -0.25) is 14.5 Å². The SMILES string of the molecule is CCN(C(=O)CCCC[C@@H]1SC[C@@H]2NC(=O)N[C@@H]21)C(=O)[C@@H](N)CS. The summed E-state index contributed by atoms with van der Waals surface area (Å²) in [6.07, 6.45) is 2.92. The first-order chi connectivity index (χ1) is 11.5. The molecule has 136 valence electrons. The fraction of sp³-hybridized carbons (Fsp3) is 0.800. The second-order valence-corrected chi connectivity index (χ2v) is 7.77. The zero-order valence-corrected chi connectivity index (χ0v) is 15.6. The lowest BCUT2D eigenvalue weighted by Gasteiger charge is -2.22. The molecule has 2 fully saturated rings. The number of hydrogen-bond acceptors (Lipinski definition) is 6. The molecule has 9 heteroatoms. The zero-order valence-electron chi connectivity index (χ0n) is 13.9. The molecule has 4 N–H and O–H groups in total. The third-order valence-corrected chi connectivity index (χ3v) is 6.37. The van der Waals surface area contributed by atoms with Gasteiger partial charge in [0.25, 0.3) is 0 Å². The minimum absolute atomic E-state index is 0.0805. The Bertz CT molecular complexity index is 491. The van der Waals surface area contributed by atoms with Gasteiger partial charge in [0.15, 0.2) is 0 Å². The van der Waals surface area contributed by atoms with E-state index in [1.54, 1.807) is 6.92 Å². The second-order valence-electron chi connectivity index (χ2n) is 6.13. The van der Waals surface area contributed by atoms with Gasteiger partial charge in [-0.25, -0.2) is 4.79 Å². The summed E-state index contributed by atoms with van der Waals surface area (Å²) in [6.45, 7) is 2.10.